The summed E-state index contributed by atoms with van der Waals surface area (Å²) in [5, 5.41) is 7.70. The van der Waals surface area contributed by atoms with Crippen LogP contribution in [0, 0.1) is 5.92 Å². The molecule has 0 aliphatic rings. The maximum Gasteiger partial charge on any atom is 0.408 e. The predicted molar refractivity (Wildman–Crippen MR) is 124 cm³/mol. The summed E-state index contributed by atoms with van der Waals surface area (Å²) in [6, 6.07) is 8.59. The number of amides is 3. The van der Waals surface area contributed by atoms with E-state index in [0.29, 0.717) is 46.2 Å². The Morgan fingerprint density at radius 3 is 1.97 bits per heavy atom. The van der Waals surface area contributed by atoms with Crippen molar-refractivity contribution in [1.82, 2.24) is 16.0 Å². The first kappa shape index (κ1) is 29.1. The molecular formula is C23H37N3O8. The lowest BCUT2D eigenvalue weighted by molar-refractivity contribution is -0.124. The van der Waals surface area contributed by atoms with Crippen molar-refractivity contribution in [3.05, 3.63) is 35.9 Å². The van der Waals surface area contributed by atoms with Gasteiger partial charge in [-0.05, 0) is 11.5 Å². The number of hydrogen-bond acceptors (Lipinski definition) is 8. The average Bonchev–Trinajstić information content (AvgIpc) is 2.84. The van der Waals surface area contributed by atoms with Gasteiger partial charge in [0.2, 0.25) is 5.91 Å². The molecule has 192 valence electrons. The Kier molecular flexibility index (Phi) is 15.9. The van der Waals surface area contributed by atoms with Gasteiger partial charge in [-0.2, -0.15) is 0 Å². The Hall–Kier alpha value is -2.89. The van der Waals surface area contributed by atoms with Gasteiger partial charge in [-0.1, -0.05) is 44.2 Å². The van der Waals surface area contributed by atoms with Crippen LogP contribution in [0.2, 0.25) is 0 Å². The highest BCUT2D eigenvalue weighted by atomic mass is 16.6. The van der Waals surface area contributed by atoms with Gasteiger partial charge in [0.1, 0.15) is 19.3 Å². The third-order valence-electron chi connectivity index (χ3n) is 4.39. The second kappa shape index (κ2) is 18.5. The zero-order valence-electron chi connectivity index (χ0n) is 20.2. The molecule has 1 atom stereocenters. The summed E-state index contributed by atoms with van der Waals surface area (Å²) in [5.74, 6) is -0.416. The second-order valence-corrected chi connectivity index (χ2v) is 7.44. The molecule has 11 nitrogen and oxygen atoms in total. The smallest absolute Gasteiger partial charge is 0.408 e. The van der Waals surface area contributed by atoms with E-state index in [2.05, 4.69) is 16.0 Å². The number of hydrogen-bond donors (Lipinski definition) is 3. The molecule has 0 aromatic heterocycles. The fourth-order valence-electron chi connectivity index (χ4n) is 2.59. The van der Waals surface area contributed by atoms with Gasteiger partial charge < -0.3 is 39.6 Å². The van der Waals surface area contributed by atoms with Gasteiger partial charge >= 0.3 is 12.2 Å². The van der Waals surface area contributed by atoms with Gasteiger partial charge in [-0.3, -0.25) is 4.79 Å². The monoisotopic (exact) mass is 483 g/mol. The van der Waals surface area contributed by atoms with Crippen LogP contribution < -0.4 is 16.0 Å². The molecule has 0 saturated heterocycles. The third kappa shape index (κ3) is 14.3. The number of benzene rings is 1. The second-order valence-electron chi connectivity index (χ2n) is 7.44. The van der Waals surface area contributed by atoms with Crippen molar-refractivity contribution in [2.24, 2.45) is 5.92 Å². The van der Waals surface area contributed by atoms with Crippen molar-refractivity contribution < 1.29 is 38.1 Å². The first-order valence-electron chi connectivity index (χ1n) is 11.3. The first-order chi connectivity index (χ1) is 16.4. The molecule has 0 spiro atoms. The average molecular weight is 484 g/mol. The van der Waals surface area contributed by atoms with Crippen molar-refractivity contribution >= 4 is 18.1 Å². The maximum absolute atomic E-state index is 12.4. The molecule has 1 aromatic rings. The van der Waals surface area contributed by atoms with Crippen LogP contribution in [0.1, 0.15) is 19.4 Å². The van der Waals surface area contributed by atoms with Crippen molar-refractivity contribution in [3.63, 3.8) is 0 Å². The van der Waals surface area contributed by atoms with Crippen LogP contribution in [0.25, 0.3) is 0 Å². The largest absolute Gasteiger partial charge is 0.447 e. The normalized spacial score (nSPS) is 11.5. The fraction of sp³-hybridized carbons (Fsp3) is 0.609. The minimum Gasteiger partial charge on any atom is -0.447 e. The van der Waals surface area contributed by atoms with Crippen molar-refractivity contribution in [2.75, 3.05) is 59.8 Å². The van der Waals surface area contributed by atoms with E-state index in [1.807, 2.05) is 44.2 Å². The molecule has 0 aliphatic heterocycles. The maximum atomic E-state index is 12.4. The summed E-state index contributed by atoms with van der Waals surface area (Å²) in [6.45, 7) is 6.43. The number of ether oxygens (including phenoxy) is 5. The van der Waals surface area contributed by atoms with E-state index >= 15 is 0 Å². The van der Waals surface area contributed by atoms with E-state index in [1.54, 1.807) is 0 Å². The van der Waals surface area contributed by atoms with Gasteiger partial charge in [0.25, 0.3) is 0 Å². The summed E-state index contributed by atoms with van der Waals surface area (Å²) in [6.07, 6.45) is -1.14. The lowest BCUT2D eigenvalue weighted by atomic mass is 10.0. The first-order valence-corrected chi connectivity index (χ1v) is 11.3. The van der Waals surface area contributed by atoms with Gasteiger partial charge in [0.05, 0.1) is 39.6 Å². The predicted octanol–water partition coefficient (Wildman–Crippen LogP) is 1.46. The molecule has 11 heteroatoms. The Morgan fingerprint density at radius 2 is 1.38 bits per heavy atom. The van der Waals surface area contributed by atoms with Crippen LogP contribution in [-0.4, -0.2) is 84.0 Å². The SMILES string of the molecule is CNC(=O)OCCOCCOCCOCCNC(=O)[C@H](NC(=O)OCc1ccccc1)C(C)C. The summed E-state index contributed by atoms with van der Waals surface area (Å²) in [4.78, 5) is 35.3. The summed E-state index contributed by atoms with van der Waals surface area (Å²) < 4.78 is 26.0. The van der Waals surface area contributed by atoms with Crippen molar-refractivity contribution in [1.29, 1.82) is 0 Å². The van der Waals surface area contributed by atoms with Gasteiger partial charge in [-0.25, -0.2) is 9.59 Å². The molecule has 1 rings (SSSR count). The quantitative estimate of drug-likeness (QED) is 0.284. The van der Waals surface area contributed by atoms with E-state index < -0.39 is 18.2 Å². The van der Waals surface area contributed by atoms with Gasteiger partial charge in [0, 0.05) is 13.6 Å². The number of alkyl carbamates (subject to hydrolysis) is 2. The third-order valence-corrected chi connectivity index (χ3v) is 4.39. The lowest BCUT2D eigenvalue weighted by Crippen LogP contribution is -2.50. The highest BCUT2D eigenvalue weighted by Gasteiger charge is 2.24. The molecule has 0 heterocycles. The Labute approximate surface area is 200 Å². The van der Waals surface area contributed by atoms with Gasteiger partial charge in [0.15, 0.2) is 0 Å². The molecule has 0 aliphatic carbocycles. The Bertz CT molecular complexity index is 703. The number of rotatable bonds is 17. The highest BCUT2D eigenvalue weighted by Crippen LogP contribution is 2.04. The molecule has 0 fully saturated rings. The molecule has 34 heavy (non-hydrogen) atoms. The number of nitrogens with one attached hydrogen (secondary N) is 3. The zero-order chi connectivity index (χ0) is 25.0. The fourth-order valence-corrected chi connectivity index (χ4v) is 2.59. The van der Waals surface area contributed by atoms with E-state index in [-0.39, 0.29) is 25.0 Å². The molecule has 3 amide bonds. The van der Waals surface area contributed by atoms with Crippen LogP contribution in [0.3, 0.4) is 0 Å². The minimum atomic E-state index is -0.714. The van der Waals surface area contributed by atoms with Crippen molar-refractivity contribution in [2.45, 2.75) is 26.5 Å². The summed E-state index contributed by atoms with van der Waals surface area (Å²) in [5.41, 5.74) is 0.865. The summed E-state index contributed by atoms with van der Waals surface area (Å²) in [7, 11) is 1.49. The van der Waals surface area contributed by atoms with Crippen LogP contribution in [0.15, 0.2) is 30.3 Å². The van der Waals surface area contributed by atoms with Crippen LogP contribution in [0.4, 0.5) is 9.59 Å². The van der Waals surface area contributed by atoms with Crippen LogP contribution in [0.5, 0.6) is 0 Å². The number of carbonyl (C=O) groups is 3. The van der Waals surface area contributed by atoms with Crippen LogP contribution in [-0.2, 0) is 35.1 Å². The molecule has 0 saturated carbocycles. The van der Waals surface area contributed by atoms with E-state index in [9.17, 15) is 14.4 Å². The molecular weight excluding hydrogens is 446 g/mol. The topological polar surface area (TPSA) is 133 Å². The highest BCUT2D eigenvalue weighted by molar-refractivity contribution is 5.85. The van der Waals surface area contributed by atoms with Crippen molar-refractivity contribution in [3.8, 4) is 0 Å². The molecule has 0 unspecified atom stereocenters. The minimum absolute atomic E-state index is 0.115. The summed E-state index contributed by atoms with van der Waals surface area (Å²) >= 11 is 0. The lowest BCUT2D eigenvalue weighted by Gasteiger charge is -2.21. The number of carbonyl (C=O) groups excluding carboxylic acids is 3. The van der Waals surface area contributed by atoms with E-state index in [1.165, 1.54) is 7.05 Å². The van der Waals surface area contributed by atoms with Crippen LogP contribution >= 0.6 is 0 Å². The van der Waals surface area contributed by atoms with E-state index in [4.69, 9.17) is 23.7 Å². The van der Waals surface area contributed by atoms with E-state index in [0.717, 1.165) is 5.56 Å². The Balaban J connectivity index is 2.06. The molecule has 0 bridgehead atoms. The van der Waals surface area contributed by atoms with Gasteiger partial charge in [-0.15, -0.1) is 0 Å². The Morgan fingerprint density at radius 1 is 0.794 bits per heavy atom. The molecule has 1 aromatic carbocycles. The standard InChI is InChI=1S/C23H37N3O8/c1-18(2)20(26-23(29)34-17-19-7-5-4-6-8-19)21(27)25-9-10-30-11-12-31-13-14-32-15-16-33-22(28)24-3/h4-8,18,20H,9-17H2,1-3H3,(H,24,28)(H,25,27)(H,26,29)/t20-/m1/s1. The zero-order valence-corrected chi connectivity index (χ0v) is 20.2. The molecule has 3 N–H and O–H groups in total. The molecule has 0 radical (unpaired) electrons.